The zero-order valence-corrected chi connectivity index (χ0v) is 12.4. The van der Waals surface area contributed by atoms with Crippen LogP contribution in [0.15, 0.2) is 18.7 Å². The van der Waals surface area contributed by atoms with Crippen LogP contribution in [0.3, 0.4) is 0 Å². The van der Waals surface area contributed by atoms with Crippen LogP contribution < -0.4 is 16.4 Å². The number of nitrogens with one attached hydrogen (secondary N) is 2. The van der Waals surface area contributed by atoms with Crippen molar-refractivity contribution in [2.24, 2.45) is 0 Å². The van der Waals surface area contributed by atoms with E-state index in [9.17, 15) is 4.79 Å². The van der Waals surface area contributed by atoms with Gasteiger partial charge in [0, 0.05) is 31.5 Å². The number of nitrogen functional groups attached to an aromatic ring is 1. The van der Waals surface area contributed by atoms with Crippen LogP contribution in [0.25, 0.3) is 0 Å². The number of nitrogens with zero attached hydrogens (tertiary/aromatic N) is 3. The summed E-state index contributed by atoms with van der Waals surface area (Å²) in [4.78, 5) is 20.7. The van der Waals surface area contributed by atoms with Crippen LogP contribution in [0.4, 0.5) is 10.9 Å². The molecule has 2 aromatic heterocycles. The molecule has 112 valence electrons. The Hall–Kier alpha value is -2.09. The van der Waals surface area contributed by atoms with Gasteiger partial charge in [0.15, 0.2) is 5.13 Å². The second-order valence-corrected chi connectivity index (χ2v) is 6.06. The SMILES string of the molecule is Nc1nc(NC2CC2)sc1C(=O)NCCCn1ccnc1. The van der Waals surface area contributed by atoms with Gasteiger partial charge in [0.05, 0.1) is 6.33 Å². The zero-order chi connectivity index (χ0) is 14.7. The minimum Gasteiger partial charge on any atom is -0.382 e. The molecular weight excluding hydrogens is 288 g/mol. The number of carbonyl (C=O) groups is 1. The van der Waals surface area contributed by atoms with E-state index in [0.29, 0.717) is 23.3 Å². The largest absolute Gasteiger partial charge is 0.382 e. The minimum absolute atomic E-state index is 0.153. The highest BCUT2D eigenvalue weighted by Crippen LogP contribution is 2.30. The maximum Gasteiger partial charge on any atom is 0.265 e. The van der Waals surface area contributed by atoms with E-state index in [1.165, 1.54) is 11.3 Å². The Bertz CT molecular complexity index is 604. The maximum atomic E-state index is 12.1. The third-order valence-electron chi connectivity index (χ3n) is 3.20. The molecule has 1 fully saturated rings. The molecule has 1 aliphatic rings. The Balaban J connectivity index is 1.46. The number of hydrogen-bond acceptors (Lipinski definition) is 6. The number of aryl methyl sites for hydroxylation is 1. The van der Waals surface area contributed by atoms with Gasteiger partial charge in [0.1, 0.15) is 10.7 Å². The van der Waals surface area contributed by atoms with Crippen LogP contribution in [0.1, 0.15) is 28.9 Å². The van der Waals surface area contributed by atoms with Crippen molar-refractivity contribution in [2.45, 2.75) is 31.8 Å². The van der Waals surface area contributed by atoms with Crippen LogP contribution in [-0.4, -0.2) is 33.0 Å². The molecule has 0 radical (unpaired) electrons. The maximum absolute atomic E-state index is 12.1. The van der Waals surface area contributed by atoms with Crippen molar-refractivity contribution >= 4 is 28.2 Å². The lowest BCUT2D eigenvalue weighted by Gasteiger charge is -2.04. The van der Waals surface area contributed by atoms with E-state index < -0.39 is 0 Å². The van der Waals surface area contributed by atoms with E-state index in [4.69, 9.17) is 5.73 Å². The normalized spacial score (nSPS) is 14.1. The van der Waals surface area contributed by atoms with Gasteiger partial charge in [-0.3, -0.25) is 4.79 Å². The first-order valence-electron chi connectivity index (χ1n) is 6.99. The van der Waals surface area contributed by atoms with Gasteiger partial charge in [-0.15, -0.1) is 0 Å². The van der Waals surface area contributed by atoms with Gasteiger partial charge < -0.3 is 20.9 Å². The van der Waals surface area contributed by atoms with Gasteiger partial charge in [0.2, 0.25) is 0 Å². The number of anilines is 2. The number of amides is 1. The number of rotatable bonds is 7. The van der Waals surface area contributed by atoms with Gasteiger partial charge in [-0.2, -0.15) is 0 Å². The highest BCUT2D eigenvalue weighted by atomic mass is 32.1. The molecule has 1 aliphatic carbocycles. The molecular formula is C13H18N6OS. The summed E-state index contributed by atoms with van der Waals surface area (Å²) in [7, 11) is 0. The quantitative estimate of drug-likeness (QED) is 0.670. The molecule has 1 saturated carbocycles. The summed E-state index contributed by atoms with van der Waals surface area (Å²) in [6, 6.07) is 0.502. The molecule has 2 aromatic rings. The zero-order valence-electron chi connectivity index (χ0n) is 11.6. The first-order valence-corrected chi connectivity index (χ1v) is 7.81. The van der Waals surface area contributed by atoms with Gasteiger partial charge >= 0.3 is 0 Å². The third kappa shape index (κ3) is 3.72. The summed E-state index contributed by atoms with van der Waals surface area (Å²) < 4.78 is 1.98. The molecule has 2 heterocycles. The summed E-state index contributed by atoms with van der Waals surface area (Å²) in [6.45, 7) is 1.42. The predicted octanol–water partition coefficient (Wildman–Crippen LogP) is 1.32. The van der Waals surface area contributed by atoms with Crippen molar-refractivity contribution in [3.8, 4) is 0 Å². The Morgan fingerprint density at radius 3 is 3.10 bits per heavy atom. The van der Waals surface area contributed by atoms with Crippen LogP contribution in [0.2, 0.25) is 0 Å². The molecule has 0 spiro atoms. The van der Waals surface area contributed by atoms with Crippen molar-refractivity contribution in [2.75, 3.05) is 17.6 Å². The topological polar surface area (TPSA) is 97.9 Å². The molecule has 21 heavy (non-hydrogen) atoms. The van der Waals surface area contributed by atoms with Crippen molar-refractivity contribution < 1.29 is 4.79 Å². The lowest BCUT2D eigenvalue weighted by Crippen LogP contribution is -2.25. The fourth-order valence-corrected chi connectivity index (χ4v) is 2.80. The fourth-order valence-electron chi connectivity index (χ4n) is 1.92. The third-order valence-corrected chi connectivity index (χ3v) is 4.20. The van der Waals surface area contributed by atoms with Crippen molar-refractivity contribution in [3.05, 3.63) is 23.6 Å². The molecule has 0 saturated heterocycles. The van der Waals surface area contributed by atoms with Crippen molar-refractivity contribution in [1.29, 1.82) is 0 Å². The Labute approximate surface area is 126 Å². The number of carbonyl (C=O) groups excluding carboxylic acids is 1. The Kier molecular flexibility index (Phi) is 4.05. The molecule has 1 amide bonds. The first kappa shape index (κ1) is 13.9. The summed E-state index contributed by atoms with van der Waals surface area (Å²) in [5.74, 6) is 0.148. The van der Waals surface area contributed by atoms with Crippen LogP contribution >= 0.6 is 11.3 Å². The monoisotopic (exact) mass is 306 g/mol. The summed E-state index contributed by atoms with van der Waals surface area (Å²) in [6.07, 6.45) is 8.57. The van der Waals surface area contributed by atoms with E-state index in [2.05, 4.69) is 20.6 Å². The van der Waals surface area contributed by atoms with Crippen molar-refractivity contribution in [3.63, 3.8) is 0 Å². The van der Waals surface area contributed by atoms with E-state index in [-0.39, 0.29) is 5.91 Å². The average molecular weight is 306 g/mol. The van der Waals surface area contributed by atoms with Crippen LogP contribution in [0, 0.1) is 0 Å². The Morgan fingerprint density at radius 1 is 1.52 bits per heavy atom. The van der Waals surface area contributed by atoms with Gasteiger partial charge in [0.25, 0.3) is 5.91 Å². The molecule has 0 bridgehead atoms. The van der Waals surface area contributed by atoms with Gasteiger partial charge in [-0.25, -0.2) is 9.97 Å². The average Bonchev–Trinajstić information content (AvgIpc) is 2.98. The molecule has 0 aromatic carbocycles. The molecule has 0 aliphatic heterocycles. The first-order chi connectivity index (χ1) is 10.2. The molecule has 4 N–H and O–H groups in total. The summed E-state index contributed by atoms with van der Waals surface area (Å²) >= 11 is 1.32. The second-order valence-electron chi connectivity index (χ2n) is 5.06. The van der Waals surface area contributed by atoms with Crippen LogP contribution in [0.5, 0.6) is 0 Å². The van der Waals surface area contributed by atoms with E-state index in [1.54, 1.807) is 12.5 Å². The van der Waals surface area contributed by atoms with Gasteiger partial charge in [-0.05, 0) is 19.3 Å². The van der Waals surface area contributed by atoms with E-state index in [1.807, 2.05) is 10.8 Å². The lowest BCUT2D eigenvalue weighted by atomic mass is 10.4. The summed E-state index contributed by atoms with van der Waals surface area (Å²) in [5.41, 5.74) is 5.81. The molecule has 0 atom stereocenters. The summed E-state index contributed by atoms with van der Waals surface area (Å²) in [5, 5.41) is 6.86. The fraction of sp³-hybridized carbons (Fsp3) is 0.462. The number of aromatic nitrogens is 3. The van der Waals surface area contributed by atoms with Crippen molar-refractivity contribution in [1.82, 2.24) is 19.9 Å². The van der Waals surface area contributed by atoms with Crippen LogP contribution in [-0.2, 0) is 6.54 Å². The smallest absolute Gasteiger partial charge is 0.265 e. The number of nitrogens with two attached hydrogens (primary N) is 1. The molecule has 7 nitrogen and oxygen atoms in total. The number of imidazole rings is 1. The van der Waals surface area contributed by atoms with E-state index in [0.717, 1.165) is 30.9 Å². The predicted molar refractivity (Wildman–Crippen MR) is 82.3 cm³/mol. The molecule has 8 heteroatoms. The lowest BCUT2D eigenvalue weighted by molar-refractivity contribution is 0.0957. The highest BCUT2D eigenvalue weighted by Gasteiger charge is 2.24. The molecule has 3 rings (SSSR count). The second kappa shape index (κ2) is 6.13. The standard InChI is InChI=1S/C13H18N6OS/c14-11-10(21-13(18-11)17-9-2-3-9)12(20)16-4-1-6-19-7-5-15-8-19/h5,7-9H,1-4,6,14H2,(H,16,20)(H,17,18). The Morgan fingerprint density at radius 2 is 2.38 bits per heavy atom. The number of thiazole rings is 1. The molecule has 0 unspecified atom stereocenters. The van der Waals surface area contributed by atoms with E-state index >= 15 is 0 Å². The number of hydrogen-bond donors (Lipinski definition) is 3. The highest BCUT2D eigenvalue weighted by molar-refractivity contribution is 7.18. The minimum atomic E-state index is -0.153. The van der Waals surface area contributed by atoms with Gasteiger partial charge in [-0.1, -0.05) is 11.3 Å².